The lowest BCUT2D eigenvalue weighted by atomic mass is 9.85. The normalized spacial score (nSPS) is 28.1. The molecule has 3 nitrogen and oxygen atoms in total. The first-order valence-corrected chi connectivity index (χ1v) is 11.7. The number of nitrogens with one attached hydrogen (secondary N) is 1. The van der Waals surface area contributed by atoms with E-state index in [1.54, 1.807) is 6.07 Å². The van der Waals surface area contributed by atoms with Gasteiger partial charge < -0.3 is 9.55 Å². The Kier molecular flexibility index (Phi) is 4.28. The lowest BCUT2D eigenvalue weighted by Crippen LogP contribution is -2.15. The maximum absolute atomic E-state index is 15.0. The molecule has 2 aliphatic rings. The third-order valence-corrected chi connectivity index (χ3v) is 8.30. The molecule has 1 aromatic carbocycles. The number of hydrogen-bond acceptors (Lipinski definition) is 1. The molecule has 3 heterocycles. The van der Waals surface area contributed by atoms with Crippen LogP contribution in [0.15, 0.2) is 42.6 Å². The van der Waals surface area contributed by atoms with Crippen molar-refractivity contribution in [3.8, 4) is 11.3 Å². The summed E-state index contributed by atoms with van der Waals surface area (Å²) < 4.78 is 17.1. The molecule has 0 radical (unpaired) electrons. The van der Waals surface area contributed by atoms with Crippen LogP contribution in [0.3, 0.4) is 0 Å². The molecular weight excluding hydrogens is 385 g/mol. The third-order valence-electron chi connectivity index (χ3n) is 8.30. The number of H-pyrrole nitrogens is 1. The van der Waals surface area contributed by atoms with Gasteiger partial charge in [-0.3, -0.25) is 0 Å². The molecule has 31 heavy (non-hydrogen) atoms. The van der Waals surface area contributed by atoms with E-state index in [2.05, 4.69) is 35.5 Å². The van der Waals surface area contributed by atoms with E-state index in [9.17, 15) is 0 Å². The third kappa shape index (κ3) is 3.02. The second kappa shape index (κ2) is 6.94. The first-order chi connectivity index (χ1) is 15.0. The molecule has 0 amide bonds. The maximum Gasteiger partial charge on any atom is 0.151 e. The standard InChI is InChI=1S/C27H30FN3/c1-15-4-6-21-19(10-16(2)26(15)21)12-20-13-23-24(29-20)14-22(28)27(30-23)18-5-7-25-17(11-18)8-9-31(25)3/h5,7-9,11,13-16,19,21,26,29H,4,6,10,12H2,1-3H3. The van der Waals surface area contributed by atoms with Crippen molar-refractivity contribution < 1.29 is 4.39 Å². The van der Waals surface area contributed by atoms with Crippen LogP contribution < -0.4 is 0 Å². The Bertz CT molecular complexity index is 1280. The van der Waals surface area contributed by atoms with E-state index in [0.29, 0.717) is 5.69 Å². The van der Waals surface area contributed by atoms with Crippen LogP contribution in [-0.4, -0.2) is 14.5 Å². The molecule has 6 rings (SSSR count). The highest BCUT2D eigenvalue weighted by Gasteiger charge is 2.46. The number of rotatable bonds is 3. The smallest absolute Gasteiger partial charge is 0.151 e. The van der Waals surface area contributed by atoms with Crippen LogP contribution in [0, 0.1) is 35.4 Å². The number of aromatic nitrogens is 3. The van der Waals surface area contributed by atoms with Gasteiger partial charge in [-0.05, 0) is 73.1 Å². The summed E-state index contributed by atoms with van der Waals surface area (Å²) in [7, 11) is 2.02. The summed E-state index contributed by atoms with van der Waals surface area (Å²) in [5.74, 6) is 3.91. The SMILES string of the molecule is CC1CCC2C(Cc3cc4nc(-c5ccc6c(ccn6C)c5)c(F)cc4[nH]3)CC(C)C12. The number of aromatic amines is 1. The second-order valence-electron chi connectivity index (χ2n) is 10.2. The molecule has 1 N–H and O–H groups in total. The molecular formula is C27H30FN3. The topological polar surface area (TPSA) is 33.6 Å². The number of pyridine rings is 1. The molecule has 4 heteroatoms. The first kappa shape index (κ1) is 19.1. The van der Waals surface area contributed by atoms with Crippen LogP contribution in [0.4, 0.5) is 4.39 Å². The van der Waals surface area contributed by atoms with Gasteiger partial charge in [0.25, 0.3) is 0 Å². The van der Waals surface area contributed by atoms with E-state index in [1.165, 1.54) is 25.0 Å². The summed E-state index contributed by atoms with van der Waals surface area (Å²) >= 11 is 0. The summed E-state index contributed by atoms with van der Waals surface area (Å²) in [5, 5.41) is 1.10. The van der Waals surface area contributed by atoms with Crippen LogP contribution >= 0.6 is 0 Å². The summed E-state index contributed by atoms with van der Waals surface area (Å²) in [6.45, 7) is 4.88. The molecule has 0 spiro atoms. The predicted molar refractivity (Wildman–Crippen MR) is 124 cm³/mol. The van der Waals surface area contributed by atoms with Gasteiger partial charge in [-0.2, -0.15) is 0 Å². The highest BCUT2D eigenvalue weighted by molar-refractivity contribution is 5.86. The van der Waals surface area contributed by atoms with Crippen molar-refractivity contribution >= 4 is 21.9 Å². The van der Waals surface area contributed by atoms with E-state index in [1.807, 2.05) is 31.4 Å². The van der Waals surface area contributed by atoms with Crippen LogP contribution in [0.5, 0.6) is 0 Å². The van der Waals surface area contributed by atoms with Gasteiger partial charge in [0.2, 0.25) is 0 Å². The molecule has 2 saturated carbocycles. The molecule has 0 aliphatic heterocycles. The van der Waals surface area contributed by atoms with Crippen molar-refractivity contribution in [3.63, 3.8) is 0 Å². The summed E-state index contributed by atoms with van der Waals surface area (Å²) in [5.41, 5.74) is 5.27. The van der Waals surface area contributed by atoms with E-state index in [0.717, 1.165) is 63.5 Å². The number of fused-ring (bicyclic) bond motifs is 3. The molecule has 5 unspecified atom stereocenters. The van der Waals surface area contributed by atoms with Gasteiger partial charge in [-0.25, -0.2) is 9.37 Å². The fourth-order valence-electron chi connectivity index (χ4n) is 6.95. The Morgan fingerprint density at radius 3 is 2.84 bits per heavy atom. The van der Waals surface area contributed by atoms with Crippen molar-refractivity contribution in [3.05, 3.63) is 54.1 Å². The number of nitrogens with zero attached hydrogens (tertiary/aromatic N) is 2. The van der Waals surface area contributed by atoms with Crippen molar-refractivity contribution in [1.29, 1.82) is 0 Å². The average molecular weight is 416 g/mol. The summed E-state index contributed by atoms with van der Waals surface area (Å²) in [6, 6.07) is 11.9. The number of hydrogen-bond donors (Lipinski definition) is 1. The lowest BCUT2D eigenvalue weighted by molar-refractivity contribution is 0.287. The Hall–Kier alpha value is -2.62. The zero-order valence-electron chi connectivity index (χ0n) is 18.5. The van der Waals surface area contributed by atoms with Crippen LogP contribution in [-0.2, 0) is 13.5 Å². The maximum atomic E-state index is 15.0. The molecule has 5 atom stereocenters. The zero-order chi connectivity index (χ0) is 21.3. The predicted octanol–water partition coefficient (Wildman–Crippen LogP) is 6.72. The van der Waals surface area contributed by atoms with E-state index >= 15 is 4.39 Å². The van der Waals surface area contributed by atoms with Crippen LogP contribution in [0.1, 0.15) is 38.8 Å². The Morgan fingerprint density at radius 1 is 1.10 bits per heavy atom. The minimum atomic E-state index is -0.268. The number of halogens is 1. The van der Waals surface area contributed by atoms with Gasteiger partial charge in [-0.15, -0.1) is 0 Å². The Labute approximate surface area is 182 Å². The van der Waals surface area contributed by atoms with Crippen molar-refractivity contribution in [2.45, 2.75) is 39.5 Å². The fourth-order valence-corrected chi connectivity index (χ4v) is 6.95. The van der Waals surface area contributed by atoms with Crippen molar-refractivity contribution in [2.24, 2.45) is 36.6 Å². The van der Waals surface area contributed by atoms with Crippen molar-refractivity contribution in [1.82, 2.24) is 14.5 Å². The van der Waals surface area contributed by atoms with Gasteiger partial charge in [-0.1, -0.05) is 26.3 Å². The summed E-state index contributed by atoms with van der Waals surface area (Å²) in [4.78, 5) is 8.21. The van der Waals surface area contributed by atoms with E-state index in [4.69, 9.17) is 4.98 Å². The molecule has 0 saturated heterocycles. The van der Waals surface area contributed by atoms with Gasteiger partial charge in [0, 0.05) is 41.5 Å². The average Bonchev–Trinajstić information content (AvgIpc) is 3.48. The Morgan fingerprint density at radius 2 is 1.97 bits per heavy atom. The van der Waals surface area contributed by atoms with Gasteiger partial charge in [0.15, 0.2) is 5.82 Å². The largest absolute Gasteiger partial charge is 0.357 e. The van der Waals surface area contributed by atoms with Gasteiger partial charge in [0.05, 0.1) is 11.0 Å². The molecule has 4 aromatic rings. The monoisotopic (exact) mass is 415 g/mol. The molecule has 2 aliphatic carbocycles. The summed E-state index contributed by atoms with van der Waals surface area (Å²) in [6.07, 6.45) is 7.16. The first-order valence-electron chi connectivity index (χ1n) is 11.7. The molecule has 160 valence electrons. The van der Waals surface area contributed by atoms with Crippen LogP contribution in [0.25, 0.3) is 33.2 Å². The number of benzene rings is 1. The fraction of sp³-hybridized carbons (Fsp3) is 0.444. The Balaban J connectivity index is 1.32. The van der Waals surface area contributed by atoms with E-state index < -0.39 is 0 Å². The zero-order valence-corrected chi connectivity index (χ0v) is 18.5. The second-order valence-corrected chi connectivity index (χ2v) is 10.2. The van der Waals surface area contributed by atoms with Gasteiger partial charge in [0.1, 0.15) is 5.69 Å². The highest BCUT2D eigenvalue weighted by Crippen LogP contribution is 2.54. The lowest BCUT2D eigenvalue weighted by Gasteiger charge is -2.20. The number of aryl methyl sites for hydroxylation is 1. The minimum absolute atomic E-state index is 0.268. The quantitative estimate of drug-likeness (QED) is 0.396. The van der Waals surface area contributed by atoms with Gasteiger partial charge >= 0.3 is 0 Å². The highest BCUT2D eigenvalue weighted by atomic mass is 19.1. The molecule has 2 fully saturated rings. The molecule has 0 bridgehead atoms. The van der Waals surface area contributed by atoms with Crippen LogP contribution in [0.2, 0.25) is 0 Å². The minimum Gasteiger partial charge on any atom is -0.357 e. The van der Waals surface area contributed by atoms with E-state index in [-0.39, 0.29) is 5.82 Å². The molecule has 3 aromatic heterocycles. The van der Waals surface area contributed by atoms with Crippen molar-refractivity contribution in [2.75, 3.05) is 0 Å².